The Balaban J connectivity index is 2.23. The molecule has 2 N–H and O–H groups in total. The number of benzene rings is 1. The van der Waals surface area contributed by atoms with Crippen LogP contribution in [-0.4, -0.2) is 22.8 Å². The molecule has 18 heavy (non-hydrogen) atoms. The zero-order valence-electron chi connectivity index (χ0n) is 8.97. The average molecular weight is 253 g/mol. The summed E-state index contributed by atoms with van der Waals surface area (Å²) in [6, 6.07) is 2.01. The average Bonchev–Trinajstić information content (AvgIpc) is 2.60. The van der Waals surface area contributed by atoms with E-state index in [2.05, 4.69) is 5.32 Å². The molecule has 1 aromatic rings. The summed E-state index contributed by atoms with van der Waals surface area (Å²) in [5.41, 5.74) is -0.484. The number of hydrogen-bond acceptors (Lipinski definition) is 5. The molecule has 1 saturated heterocycles. The Bertz CT molecular complexity index is 546. The maximum absolute atomic E-state index is 13.4. The number of nitrogens with one attached hydrogen (secondary N) is 2. The molecule has 0 saturated carbocycles. The molecule has 1 aromatic carbocycles. The fourth-order valence-electron chi connectivity index (χ4n) is 1.60. The molecule has 0 bridgehead atoms. The third-order valence-electron chi connectivity index (χ3n) is 2.46. The van der Waals surface area contributed by atoms with Crippen molar-refractivity contribution in [2.24, 2.45) is 0 Å². The van der Waals surface area contributed by atoms with E-state index in [1.165, 1.54) is 0 Å². The van der Waals surface area contributed by atoms with Crippen LogP contribution in [0.5, 0.6) is 0 Å². The Labute approximate surface area is 100 Å². The van der Waals surface area contributed by atoms with Gasteiger partial charge in [-0.2, -0.15) is 0 Å². The van der Waals surface area contributed by atoms with Crippen molar-refractivity contribution < 1.29 is 18.9 Å². The van der Waals surface area contributed by atoms with Gasteiger partial charge in [-0.3, -0.25) is 25.0 Å². The summed E-state index contributed by atoms with van der Waals surface area (Å²) in [5, 5.41) is 15.1. The van der Waals surface area contributed by atoms with Crippen LogP contribution in [0.4, 0.5) is 15.8 Å². The van der Waals surface area contributed by atoms with E-state index in [1.807, 2.05) is 5.32 Å². The first-order valence-electron chi connectivity index (χ1n) is 5.01. The predicted molar refractivity (Wildman–Crippen MR) is 58.2 cm³/mol. The molecule has 94 valence electrons. The molecule has 2 rings (SSSR count). The van der Waals surface area contributed by atoms with E-state index in [0.29, 0.717) is 0 Å². The van der Waals surface area contributed by atoms with E-state index in [1.54, 1.807) is 0 Å². The van der Waals surface area contributed by atoms with Crippen LogP contribution >= 0.6 is 0 Å². The monoisotopic (exact) mass is 253 g/mol. The van der Waals surface area contributed by atoms with Crippen LogP contribution in [0.25, 0.3) is 0 Å². The molecule has 7 nitrogen and oxygen atoms in total. The van der Waals surface area contributed by atoms with Crippen LogP contribution in [-0.2, 0) is 9.59 Å². The Morgan fingerprint density at radius 2 is 2.17 bits per heavy atom. The van der Waals surface area contributed by atoms with Crippen molar-refractivity contribution in [2.75, 3.05) is 5.32 Å². The van der Waals surface area contributed by atoms with Crippen molar-refractivity contribution >= 4 is 23.2 Å². The zero-order valence-corrected chi connectivity index (χ0v) is 8.97. The van der Waals surface area contributed by atoms with Gasteiger partial charge in [0.2, 0.25) is 11.8 Å². The highest BCUT2D eigenvalue weighted by molar-refractivity contribution is 6.06. The highest BCUT2D eigenvalue weighted by Crippen LogP contribution is 2.23. The predicted octanol–water partition coefficient (Wildman–Crippen LogP) is 0.561. The Morgan fingerprint density at radius 1 is 1.44 bits per heavy atom. The van der Waals surface area contributed by atoms with Gasteiger partial charge in [-0.05, 0) is 6.07 Å². The minimum absolute atomic E-state index is 0.124. The fraction of sp³-hybridized carbons (Fsp3) is 0.200. The molecule has 0 radical (unpaired) electrons. The van der Waals surface area contributed by atoms with E-state index < -0.39 is 28.6 Å². The summed E-state index contributed by atoms with van der Waals surface area (Å²) in [6.07, 6.45) is -0.124. The summed E-state index contributed by atoms with van der Waals surface area (Å²) in [7, 11) is 0. The zero-order chi connectivity index (χ0) is 13.3. The molecule has 1 unspecified atom stereocenters. The minimum Gasteiger partial charge on any atom is -0.371 e. The Hall–Kier alpha value is -2.51. The lowest BCUT2D eigenvalue weighted by atomic mass is 10.2. The van der Waals surface area contributed by atoms with E-state index in [9.17, 15) is 24.1 Å². The number of anilines is 1. The van der Waals surface area contributed by atoms with Crippen LogP contribution < -0.4 is 10.6 Å². The molecule has 1 heterocycles. The number of nitro groups is 1. The van der Waals surface area contributed by atoms with E-state index in [4.69, 9.17) is 0 Å². The van der Waals surface area contributed by atoms with Crippen molar-refractivity contribution in [1.82, 2.24) is 5.32 Å². The standard InChI is InChI=1S/C10H8FN3O4/c11-6-2-1-5(14(17)18)3-7(6)12-8-4-9(15)13-10(8)16/h1-3,8,12H,4H2,(H,13,15,16). The maximum Gasteiger partial charge on any atom is 0.271 e. The van der Waals surface area contributed by atoms with Gasteiger partial charge in [-0.1, -0.05) is 0 Å². The molecular formula is C10H8FN3O4. The summed E-state index contributed by atoms with van der Waals surface area (Å²) in [5.74, 6) is -1.78. The van der Waals surface area contributed by atoms with Gasteiger partial charge in [0.1, 0.15) is 11.9 Å². The van der Waals surface area contributed by atoms with Gasteiger partial charge in [0.15, 0.2) is 0 Å². The van der Waals surface area contributed by atoms with Gasteiger partial charge in [-0.25, -0.2) is 4.39 Å². The number of non-ortho nitro benzene ring substituents is 1. The van der Waals surface area contributed by atoms with Crippen LogP contribution in [0.15, 0.2) is 18.2 Å². The fourth-order valence-corrected chi connectivity index (χ4v) is 1.60. The number of imide groups is 1. The number of carbonyl (C=O) groups is 2. The maximum atomic E-state index is 13.4. The molecule has 0 aliphatic carbocycles. The van der Waals surface area contributed by atoms with Gasteiger partial charge >= 0.3 is 0 Å². The molecule has 1 aliphatic rings. The molecule has 1 fully saturated rings. The summed E-state index contributed by atoms with van der Waals surface area (Å²) < 4.78 is 13.4. The van der Waals surface area contributed by atoms with Gasteiger partial charge in [-0.15, -0.1) is 0 Å². The Morgan fingerprint density at radius 3 is 2.72 bits per heavy atom. The largest absolute Gasteiger partial charge is 0.371 e. The van der Waals surface area contributed by atoms with Crippen molar-refractivity contribution in [1.29, 1.82) is 0 Å². The minimum atomic E-state index is -0.908. The molecule has 2 amide bonds. The van der Waals surface area contributed by atoms with Crippen LogP contribution in [0.2, 0.25) is 0 Å². The third-order valence-corrected chi connectivity index (χ3v) is 2.46. The summed E-state index contributed by atoms with van der Waals surface area (Å²) in [4.78, 5) is 32.1. The quantitative estimate of drug-likeness (QED) is 0.465. The molecule has 0 spiro atoms. The molecule has 1 aliphatic heterocycles. The molecule has 8 heteroatoms. The van der Waals surface area contributed by atoms with Gasteiger partial charge in [0.25, 0.3) is 5.69 Å². The number of carbonyl (C=O) groups excluding carboxylic acids is 2. The summed E-state index contributed by atoms with van der Waals surface area (Å²) >= 11 is 0. The third kappa shape index (κ3) is 2.26. The first-order valence-corrected chi connectivity index (χ1v) is 5.01. The first kappa shape index (κ1) is 12.0. The van der Waals surface area contributed by atoms with Gasteiger partial charge < -0.3 is 5.32 Å². The number of nitrogens with zero attached hydrogens (tertiary/aromatic N) is 1. The second kappa shape index (κ2) is 4.40. The van der Waals surface area contributed by atoms with E-state index >= 15 is 0 Å². The van der Waals surface area contributed by atoms with Gasteiger partial charge in [0.05, 0.1) is 17.0 Å². The summed E-state index contributed by atoms with van der Waals surface area (Å²) in [6.45, 7) is 0. The number of rotatable bonds is 3. The highest BCUT2D eigenvalue weighted by Gasteiger charge is 2.31. The lowest BCUT2D eigenvalue weighted by Gasteiger charge is -2.11. The van der Waals surface area contributed by atoms with Crippen molar-refractivity contribution in [3.8, 4) is 0 Å². The number of amides is 2. The number of halogens is 1. The second-order valence-electron chi connectivity index (χ2n) is 3.73. The number of nitro benzene ring substituents is 1. The highest BCUT2D eigenvalue weighted by atomic mass is 19.1. The van der Waals surface area contributed by atoms with Gasteiger partial charge in [0, 0.05) is 12.1 Å². The van der Waals surface area contributed by atoms with Crippen molar-refractivity contribution in [2.45, 2.75) is 12.5 Å². The SMILES string of the molecule is O=C1CC(Nc2cc([N+](=O)[O-])ccc2F)C(=O)N1. The number of hydrogen-bond donors (Lipinski definition) is 2. The van der Waals surface area contributed by atoms with Crippen molar-refractivity contribution in [3.05, 3.63) is 34.1 Å². The Kier molecular flexibility index (Phi) is 2.92. The smallest absolute Gasteiger partial charge is 0.271 e. The van der Waals surface area contributed by atoms with Crippen molar-refractivity contribution in [3.63, 3.8) is 0 Å². The topological polar surface area (TPSA) is 101 Å². The van der Waals surface area contributed by atoms with E-state index in [-0.39, 0.29) is 17.8 Å². The van der Waals surface area contributed by atoms with E-state index in [0.717, 1.165) is 18.2 Å². The normalized spacial score (nSPS) is 18.6. The van der Waals surface area contributed by atoms with Crippen LogP contribution in [0.3, 0.4) is 0 Å². The lowest BCUT2D eigenvalue weighted by molar-refractivity contribution is -0.384. The first-order chi connectivity index (χ1) is 8.47. The van der Waals surface area contributed by atoms with Crippen LogP contribution in [0.1, 0.15) is 6.42 Å². The van der Waals surface area contributed by atoms with Crippen LogP contribution in [0, 0.1) is 15.9 Å². The molecule has 0 aromatic heterocycles. The second-order valence-corrected chi connectivity index (χ2v) is 3.73. The lowest BCUT2D eigenvalue weighted by Crippen LogP contribution is -2.30. The molecular weight excluding hydrogens is 245 g/mol. The molecule has 1 atom stereocenters.